The molecule has 0 unspecified atom stereocenters. The van der Waals surface area contributed by atoms with E-state index < -0.39 is 0 Å². The number of aliphatic hydroxyl groups excluding tert-OH is 1. The summed E-state index contributed by atoms with van der Waals surface area (Å²) in [7, 11) is 0. The maximum absolute atomic E-state index is 12.4. The molecule has 2 N–H and O–H groups in total. The predicted octanol–water partition coefficient (Wildman–Crippen LogP) is 2.70. The quantitative estimate of drug-likeness (QED) is 0.739. The van der Waals surface area contributed by atoms with Crippen molar-refractivity contribution < 1.29 is 14.7 Å². The Morgan fingerprint density at radius 3 is 2.48 bits per heavy atom. The molecule has 146 valence electrons. The van der Waals surface area contributed by atoms with Gasteiger partial charge in [-0.05, 0) is 36.8 Å². The number of rotatable bonds is 8. The van der Waals surface area contributed by atoms with Gasteiger partial charge in [0.2, 0.25) is 11.8 Å². The van der Waals surface area contributed by atoms with E-state index in [2.05, 4.69) is 29.6 Å². The predicted molar refractivity (Wildman–Crippen MR) is 106 cm³/mol. The van der Waals surface area contributed by atoms with Crippen LogP contribution >= 0.6 is 0 Å². The standard InChI is InChI=1S/C22H30N2O3/c1-3-5-15-8-10-17(11-9-15)22-18(13-23-20(26)12-16-6-7-16)24(19(22)14-25)21(27)4-2/h3,5,8-11,16,18-19,22,25H,4,6-7,12-14H2,1-2H3,(H,23,26)/b5-3+/t18-,19-,22-/m0/s1. The van der Waals surface area contributed by atoms with Crippen molar-refractivity contribution in [1.29, 1.82) is 0 Å². The third-order valence-corrected chi connectivity index (χ3v) is 5.68. The number of likely N-dealkylation sites (tertiary alicyclic amines) is 1. The molecule has 1 aliphatic heterocycles. The second-order valence-corrected chi connectivity index (χ2v) is 7.62. The fraction of sp³-hybridized carbons (Fsp3) is 0.545. The smallest absolute Gasteiger partial charge is 0.222 e. The molecule has 5 nitrogen and oxygen atoms in total. The van der Waals surface area contributed by atoms with Crippen LogP contribution in [-0.4, -0.2) is 47.1 Å². The summed E-state index contributed by atoms with van der Waals surface area (Å²) in [5.74, 6) is 0.666. The lowest BCUT2D eigenvalue weighted by molar-refractivity contribution is -0.150. The molecule has 1 saturated heterocycles. The maximum Gasteiger partial charge on any atom is 0.222 e. The molecule has 2 amide bonds. The number of benzene rings is 1. The summed E-state index contributed by atoms with van der Waals surface area (Å²) in [5.41, 5.74) is 2.22. The molecule has 1 heterocycles. The average molecular weight is 370 g/mol. The Hall–Kier alpha value is -2.14. The van der Waals surface area contributed by atoms with Crippen LogP contribution in [0.1, 0.15) is 56.6 Å². The first-order chi connectivity index (χ1) is 13.1. The Kier molecular flexibility index (Phi) is 6.32. The van der Waals surface area contributed by atoms with Crippen molar-refractivity contribution in [2.75, 3.05) is 13.2 Å². The summed E-state index contributed by atoms with van der Waals surface area (Å²) in [6, 6.07) is 7.90. The lowest BCUT2D eigenvalue weighted by atomic mass is 9.74. The Bertz CT molecular complexity index is 694. The van der Waals surface area contributed by atoms with Gasteiger partial charge in [-0.15, -0.1) is 0 Å². The average Bonchev–Trinajstić information content (AvgIpc) is 3.46. The van der Waals surface area contributed by atoms with E-state index in [0.29, 0.717) is 25.3 Å². The van der Waals surface area contributed by atoms with Crippen LogP contribution in [0.3, 0.4) is 0 Å². The van der Waals surface area contributed by atoms with E-state index in [1.807, 2.05) is 26.0 Å². The molecule has 0 radical (unpaired) electrons. The van der Waals surface area contributed by atoms with Crippen molar-refractivity contribution in [3.8, 4) is 0 Å². The third-order valence-electron chi connectivity index (χ3n) is 5.68. The third kappa shape index (κ3) is 4.41. The van der Waals surface area contributed by atoms with Crippen LogP contribution in [0.15, 0.2) is 30.3 Å². The van der Waals surface area contributed by atoms with Crippen LogP contribution in [-0.2, 0) is 9.59 Å². The number of aliphatic hydroxyl groups is 1. The van der Waals surface area contributed by atoms with Gasteiger partial charge in [0.1, 0.15) is 0 Å². The minimum absolute atomic E-state index is 0.0253. The van der Waals surface area contributed by atoms with Crippen molar-refractivity contribution in [2.24, 2.45) is 5.92 Å². The summed E-state index contributed by atoms with van der Waals surface area (Å²) < 4.78 is 0. The van der Waals surface area contributed by atoms with E-state index in [0.717, 1.165) is 24.0 Å². The first kappa shape index (κ1) is 19.6. The molecule has 1 aromatic rings. The monoisotopic (exact) mass is 370 g/mol. The zero-order valence-electron chi connectivity index (χ0n) is 16.2. The molecule has 3 rings (SSSR count). The van der Waals surface area contributed by atoms with Gasteiger partial charge in [0.25, 0.3) is 0 Å². The first-order valence-electron chi connectivity index (χ1n) is 10.00. The minimum Gasteiger partial charge on any atom is -0.394 e. The van der Waals surface area contributed by atoms with E-state index in [9.17, 15) is 14.7 Å². The SMILES string of the molecule is C/C=C/c1ccc([C@@H]2[C@H](CO)N(C(=O)CC)[C@H]2CNC(=O)CC2CC2)cc1. The van der Waals surface area contributed by atoms with Crippen molar-refractivity contribution in [3.63, 3.8) is 0 Å². The van der Waals surface area contributed by atoms with Gasteiger partial charge in [0.15, 0.2) is 0 Å². The van der Waals surface area contributed by atoms with E-state index in [1.54, 1.807) is 4.90 Å². The normalized spacial score (nSPS) is 24.7. The number of amides is 2. The van der Waals surface area contributed by atoms with Gasteiger partial charge in [-0.1, -0.05) is 43.3 Å². The molecular weight excluding hydrogens is 340 g/mol. The molecule has 5 heteroatoms. The second-order valence-electron chi connectivity index (χ2n) is 7.62. The fourth-order valence-corrected chi connectivity index (χ4v) is 4.07. The highest BCUT2D eigenvalue weighted by Gasteiger charge is 2.50. The largest absolute Gasteiger partial charge is 0.394 e. The van der Waals surface area contributed by atoms with Crippen molar-refractivity contribution >= 4 is 17.9 Å². The number of nitrogens with zero attached hydrogens (tertiary/aromatic N) is 1. The highest BCUT2D eigenvalue weighted by atomic mass is 16.3. The van der Waals surface area contributed by atoms with Crippen molar-refractivity contribution in [1.82, 2.24) is 10.2 Å². The topological polar surface area (TPSA) is 69.6 Å². The first-order valence-corrected chi connectivity index (χ1v) is 10.00. The van der Waals surface area contributed by atoms with E-state index in [-0.39, 0.29) is 36.4 Å². The summed E-state index contributed by atoms with van der Waals surface area (Å²) in [6.45, 7) is 4.18. The second kappa shape index (κ2) is 8.70. The highest BCUT2D eigenvalue weighted by molar-refractivity contribution is 5.79. The lowest BCUT2D eigenvalue weighted by Crippen LogP contribution is -2.68. The summed E-state index contributed by atoms with van der Waals surface area (Å²) >= 11 is 0. The zero-order chi connectivity index (χ0) is 19.4. The number of carbonyl (C=O) groups is 2. The molecular formula is C22H30N2O3. The van der Waals surface area contributed by atoms with E-state index >= 15 is 0 Å². The van der Waals surface area contributed by atoms with Crippen LogP contribution in [0, 0.1) is 5.92 Å². The van der Waals surface area contributed by atoms with Crippen LogP contribution in [0.5, 0.6) is 0 Å². The van der Waals surface area contributed by atoms with Gasteiger partial charge in [0.05, 0.1) is 18.7 Å². The van der Waals surface area contributed by atoms with Crippen LogP contribution in [0.2, 0.25) is 0 Å². The fourth-order valence-electron chi connectivity index (χ4n) is 4.07. The lowest BCUT2D eigenvalue weighted by Gasteiger charge is -2.55. The van der Waals surface area contributed by atoms with Gasteiger partial charge in [-0.2, -0.15) is 0 Å². The summed E-state index contributed by atoms with van der Waals surface area (Å²) in [6.07, 6.45) is 7.30. The van der Waals surface area contributed by atoms with Crippen molar-refractivity contribution in [2.45, 2.75) is 57.5 Å². The number of nitrogens with one attached hydrogen (secondary N) is 1. The molecule has 1 aliphatic carbocycles. The van der Waals surface area contributed by atoms with Gasteiger partial charge < -0.3 is 15.3 Å². The number of hydrogen-bond acceptors (Lipinski definition) is 3. The Labute approximate surface area is 161 Å². The molecule has 2 fully saturated rings. The van der Waals surface area contributed by atoms with E-state index in [1.165, 1.54) is 0 Å². The number of allylic oxidation sites excluding steroid dienone is 1. The Morgan fingerprint density at radius 1 is 1.22 bits per heavy atom. The summed E-state index contributed by atoms with van der Waals surface area (Å²) in [4.78, 5) is 26.3. The number of carbonyl (C=O) groups excluding carboxylic acids is 2. The molecule has 27 heavy (non-hydrogen) atoms. The minimum atomic E-state index is -0.227. The molecule has 2 aliphatic rings. The van der Waals surface area contributed by atoms with Crippen LogP contribution in [0.4, 0.5) is 0 Å². The molecule has 1 aromatic carbocycles. The van der Waals surface area contributed by atoms with Gasteiger partial charge in [-0.3, -0.25) is 9.59 Å². The highest BCUT2D eigenvalue weighted by Crippen LogP contribution is 2.41. The molecule has 3 atom stereocenters. The molecule has 0 aromatic heterocycles. The maximum atomic E-state index is 12.4. The van der Waals surface area contributed by atoms with Crippen LogP contribution < -0.4 is 5.32 Å². The molecule has 1 saturated carbocycles. The van der Waals surface area contributed by atoms with Gasteiger partial charge in [0, 0.05) is 25.3 Å². The molecule has 0 spiro atoms. The van der Waals surface area contributed by atoms with Crippen LogP contribution in [0.25, 0.3) is 6.08 Å². The zero-order valence-corrected chi connectivity index (χ0v) is 16.2. The van der Waals surface area contributed by atoms with Crippen molar-refractivity contribution in [3.05, 3.63) is 41.5 Å². The Morgan fingerprint density at radius 2 is 1.93 bits per heavy atom. The Balaban J connectivity index is 1.74. The summed E-state index contributed by atoms with van der Waals surface area (Å²) in [5, 5.41) is 12.9. The molecule has 0 bridgehead atoms. The van der Waals surface area contributed by atoms with E-state index in [4.69, 9.17) is 0 Å². The number of hydrogen-bond donors (Lipinski definition) is 2. The van der Waals surface area contributed by atoms with Gasteiger partial charge >= 0.3 is 0 Å². The van der Waals surface area contributed by atoms with Gasteiger partial charge in [-0.25, -0.2) is 0 Å².